The Kier molecular flexibility index (Phi) is 12.9. The third-order valence-corrected chi connectivity index (χ3v) is 6.00. The first kappa shape index (κ1) is 24.0. The van der Waals surface area contributed by atoms with Gasteiger partial charge >= 0.3 is 0 Å². The molecule has 1 saturated heterocycles. The molecule has 2 aliphatic rings. The Bertz CT molecular complexity index is 382. The van der Waals surface area contributed by atoms with E-state index in [9.17, 15) is 0 Å². The summed E-state index contributed by atoms with van der Waals surface area (Å²) < 4.78 is 5.28. The van der Waals surface area contributed by atoms with Crippen LogP contribution in [-0.2, 0) is 4.74 Å². The maximum atomic E-state index is 5.28. The van der Waals surface area contributed by atoms with E-state index in [0.717, 1.165) is 32.1 Å². The molecule has 0 spiro atoms. The van der Waals surface area contributed by atoms with Crippen molar-refractivity contribution >= 4 is 29.9 Å². The normalized spacial score (nSPS) is 20.2. The molecule has 0 aromatic carbocycles. The van der Waals surface area contributed by atoms with E-state index in [2.05, 4.69) is 20.5 Å². The first-order chi connectivity index (χ1) is 12.3. The number of nitrogens with zero attached hydrogens (tertiary/aromatic N) is 2. The van der Waals surface area contributed by atoms with Crippen molar-refractivity contribution in [2.24, 2.45) is 10.4 Å². The van der Waals surface area contributed by atoms with Gasteiger partial charge in [0.2, 0.25) is 0 Å². The van der Waals surface area contributed by atoms with Gasteiger partial charge in [0.25, 0.3) is 0 Å². The molecule has 0 aromatic heterocycles. The number of hydrogen-bond acceptors (Lipinski definition) is 3. The minimum absolute atomic E-state index is 0. The number of guanidine groups is 1. The van der Waals surface area contributed by atoms with Crippen LogP contribution in [0.2, 0.25) is 0 Å². The van der Waals surface area contributed by atoms with Crippen molar-refractivity contribution < 1.29 is 4.74 Å². The molecule has 0 radical (unpaired) electrons. The monoisotopic (exact) mass is 480 g/mol. The van der Waals surface area contributed by atoms with Gasteiger partial charge in [-0.15, -0.1) is 24.0 Å². The second-order valence-electron chi connectivity index (χ2n) is 7.91. The SMILES string of the molecule is CN=C(NCCCCCN1CCCCC1)NCC1(CCOC)CCC1.I. The summed E-state index contributed by atoms with van der Waals surface area (Å²) >= 11 is 0. The van der Waals surface area contributed by atoms with Crippen LogP contribution in [0.15, 0.2) is 4.99 Å². The topological polar surface area (TPSA) is 48.9 Å². The van der Waals surface area contributed by atoms with E-state index in [1.54, 1.807) is 7.11 Å². The van der Waals surface area contributed by atoms with Gasteiger partial charge in [-0.1, -0.05) is 19.3 Å². The fourth-order valence-corrected chi connectivity index (χ4v) is 4.03. The van der Waals surface area contributed by atoms with Gasteiger partial charge in [0.1, 0.15) is 0 Å². The minimum atomic E-state index is 0. The lowest BCUT2D eigenvalue weighted by Gasteiger charge is -2.42. The lowest BCUT2D eigenvalue weighted by Crippen LogP contribution is -2.47. The van der Waals surface area contributed by atoms with Crippen LogP contribution in [0.25, 0.3) is 0 Å². The second kappa shape index (κ2) is 14.0. The first-order valence-corrected chi connectivity index (χ1v) is 10.4. The van der Waals surface area contributed by atoms with Gasteiger partial charge in [-0.05, 0) is 70.0 Å². The number of unbranched alkanes of at least 4 members (excludes halogenated alkanes) is 2. The fraction of sp³-hybridized carbons (Fsp3) is 0.950. The summed E-state index contributed by atoms with van der Waals surface area (Å²) in [4.78, 5) is 7.01. The molecule has 0 amide bonds. The van der Waals surface area contributed by atoms with Gasteiger partial charge in [0.05, 0.1) is 0 Å². The van der Waals surface area contributed by atoms with Crippen molar-refractivity contribution in [1.82, 2.24) is 15.5 Å². The number of rotatable bonds is 11. The van der Waals surface area contributed by atoms with Crippen LogP contribution in [0.1, 0.15) is 64.2 Å². The number of halogens is 1. The molecule has 1 saturated carbocycles. The van der Waals surface area contributed by atoms with E-state index in [0.29, 0.717) is 5.41 Å². The third-order valence-electron chi connectivity index (χ3n) is 6.00. The van der Waals surface area contributed by atoms with Gasteiger partial charge in [-0.3, -0.25) is 4.99 Å². The highest BCUT2D eigenvalue weighted by atomic mass is 127. The van der Waals surface area contributed by atoms with Crippen molar-refractivity contribution in [3.63, 3.8) is 0 Å². The Morgan fingerprint density at radius 1 is 1.04 bits per heavy atom. The Morgan fingerprint density at radius 3 is 2.42 bits per heavy atom. The Hall–Kier alpha value is -0.0800. The number of aliphatic imine (C=N–C) groups is 1. The number of hydrogen-bond donors (Lipinski definition) is 2. The lowest BCUT2D eigenvalue weighted by molar-refractivity contribution is 0.0732. The molecule has 2 N–H and O–H groups in total. The van der Waals surface area contributed by atoms with Crippen molar-refractivity contribution in [2.45, 2.75) is 64.2 Å². The molecule has 2 fully saturated rings. The van der Waals surface area contributed by atoms with Crippen LogP contribution in [-0.4, -0.2) is 64.3 Å². The number of ether oxygens (including phenoxy) is 1. The number of methoxy groups -OCH3 is 1. The molecule has 1 aliphatic heterocycles. The molecule has 0 atom stereocenters. The molecule has 154 valence electrons. The average Bonchev–Trinajstić information content (AvgIpc) is 2.62. The number of nitrogens with one attached hydrogen (secondary N) is 2. The van der Waals surface area contributed by atoms with Crippen LogP contribution in [0.3, 0.4) is 0 Å². The maximum Gasteiger partial charge on any atom is 0.190 e. The fourth-order valence-electron chi connectivity index (χ4n) is 4.03. The van der Waals surface area contributed by atoms with E-state index in [-0.39, 0.29) is 24.0 Å². The zero-order chi connectivity index (χ0) is 17.8. The molecular weight excluding hydrogens is 439 g/mol. The summed E-state index contributed by atoms with van der Waals surface area (Å²) in [5.41, 5.74) is 0.433. The summed E-state index contributed by atoms with van der Waals surface area (Å²) in [5.74, 6) is 0.958. The van der Waals surface area contributed by atoms with E-state index < -0.39 is 0 Å². The van der Waals surface area contributed by atoms with Crippen molar-refractivity contribution in [2.75, 3.05) is 53.5 Å². The van der Waals surface area contributed by atoms with Crippen molar-refractivity contribution in [3.05, 3.63) is 0 Å². The van der Waals surface area contributed by atoms with E-state index >= 15 is 0 Å². The maximum absolute atomic E-state index is 5.28. The van der Waals surface area contributed by atoms with E-state index in [1.807, 2.05) is 7.05 Å². The van der Waals surface area contributed by atoms with E-state index in [1.165, 1.54) is 77.4 Å². The van der Waals surface area contributed by atoms with Crippen LogP contribution >= 0.6 is 24.0 Å². The van der Waals surface area contributed by atoms with Crippen LogP contribution in [0.5, 0.6) is 0 Å². The first-order valence-electron chi connectivity index (χ1n) is 10.4. The molecule has 0 unspecified atom stereocenters. The highest BCUT2D eigenvalue weighted by molar-refractivity contribution is 14.0. The number of likely N-dealkylation sites (tertiary alicyclic amines) is 1. The summed E-state index contributed by atoms with van der Waals surface area (Å²) in [6, 6.07) is 0. The predicted molar refractivity (Wildman–Crippen MR) is 122 cm³/mol. The zero-order valence-corrected chi connectivity index (χ0v) is 19.4. The van der Waals surface area contributed by atoms with E-state index in [4.69, 9.17) is 4.74 Å². The van der Waals surface area contributed by atoms with Crippen LogP contribution in [0, 0.1) is 5.41 Å². The molecule has 2 rings (SSSR count). The highest BCUT2D eigenvalue weighted by Crippen LogP contribution is 2.43. The standard InChI is InChI=1S/C20H40N4O.HI/c1-21-19(23-18-20(10-9-11-20)12-17-25-2)22-13-5-3-6-14-24-15-7-4-8-16-24;/h3-18H2,1-2H3,(H2,21,22,23);1H. The van der Waals surface area contributed by atoms with Gasteiger partial charge in [-0.25, -0.2) is 0 Å². The largest absolute Gasteiger partial charge is 0.385 e. The predicted octanol–water partition coefficient (Wildman–Crippen LogP) is 3.63. The molecule has 6 heteroatoms. The molecule has 1 heterocycles. The zero-order valence-electron chi connectivity index (χ0n) is 17.0. The highest BCUT2D eigenvalue weighted by Gasteiger charge is 2.36. The molecule has 5 nitrogen and oxygen atoms in total. The quantitative estimate of drug-likeness (QED) is 0.205. The number of piperidine rings is 1. The molecule has 0 bridgehead atoms. The minimum Gasteiger partial charge on any atom is -0.385 e. The molecule has 1 aliphatic carbocycles. The Morgan fingerprint density at radius 2 is 1.81 bits per heavy atom. The summed E-state index contributed by atoms with van der Waals surface area (Å²) in [7, 11) is 3.67. The second-order valence-corrected chi connectivity index (χ2v) is 7.91. The smallest absolute Gasteiger partial charge is 0.190 e. The molecular formula is C20H41IN4O. The summed E-state index contributed by atoms with van der Waals surface area (Å²) in [6.45, 7) is 6.83. The van der Waals surface area contributed by atoms with Crippen LogP contribution in [0.4, 0.5) is 0 Å². The van der Waals surface area contributed by atoms with Gasteiger partial charge in [-0.2, -0.15) is 0 Å². The van der Waals surface area contributed by atoms with Crippen LogP contribution < -0.4 is 10.6 Å². The lowest BCUT2D eigenvalue weighted by atomic mass is 9.67. The molecule has 0 aromatic rings. The van der Waals surface area contributed by atoms with Crippen molar-refractivity contribution in [1.29, 1.82) is 0 Å². The summed E-state index contributed by atoms with van der Waals surface area (Å²) in [5, 5.41) is 7.02. The third kappa shape index (κ3) is 8.74. The molecule has 26 heavy (non-hydrogen) atoms. The van der Waals surface area contributed by atoms with Gasteiger partial charge in [0, 0.05) is 33.9 Å². The summed E-state index contributed by atoms with van der Waals surface area (Å²) in [6.07, 6.45) is 13.2. The average molecular weight is 480 g/mol. The Balaban J connectivity index is 0.00000338. The van der Waals surface area contributed by atoms with Crippen molar-refractivity contribution in [3.8, 4) is 0 Å². The van der Waals surface area contributed by atoms with Gasteiger partial charge in [0.15, 0.2) is 5.96 Å². The Labute approximate surface area is 178 Å². The van der Waals surface area contributed by atoms with Gasteiger partial charge < -0.3 is 20.3 Å².